The van der Waals surface area contributed by atoms with E-state index in [-0.39, 0.29) is 0 Å². The van der Waals surface area contributed by atoms with Gasteiger partial charge >= 0.3 is 0 Å². The number of thioether (sulfide) groups is 1. The van der Waals surface area contributed by atoms with Crippen LogP contribution in [0.3, 0.4) is 0 Å². The molecule has 0 atom stereocenters. The van der Waals surface area contributed by atoms with Gasteiger partial charge in [0.05, 0.1) is 0 Å². The van der Waals surface area contributed by atoms with Gasteiger partial charge in [-0.2, -0.15) is 0 Å². The lowest BCUT2D eigenvalue weighted by Gasteiger charge is -2.02. The molecule has 0 spiro atoms. The van der Waals surface area contributed by atoms with Crippen LogP contribution >= 0.6 is 23.4 Å². The Morgan fingerprint density at radius 3 is 2.60 bits per heavy atom. The first-order valence-corrected chi connectivity index (χ1v) is 6.05. The van der Waals surface area contributed by atoms with E-state index in [2.05, 4.69) is 29.7 Å². The predicted molar refractivity (Wildman–Crippen MR) is 68.3 cm³/mol. The number of hydrogen-bond acceptors (Lipinski definition) is 1. The zero-order valence-electron chi connectivity index (χ0n) is 8.19. The Kier molecular flexibility index (Phi) is 3.70. The third-order valence-corrected chi connectivity index (χ3v) is 3.29. The smallest absolute Gasteiger partial charge is 0.0406 e. The molecule has 1 aliphatic rings. The molecule has 0 radical (unpaired) electrons. The van der Waals surface area contributed by atoms with Crippen molar-refractivity contribution in [2.75, 3.05) is 0 Å². The van der Waals surface area contributed by atoms with Crippen LogP contribution in [0.2, 0.25) is 5.02 Å². The molecule has 15 heavy (non-hydrogen) atoms. The Labute approximate surface area is 99.3 Å². The van der Waals surface area contributed by atoms with Gasteiger partial charge in [0.1, 0.15) is 0 Å². The molecule has 1 aliphatic carbocycles. The van der Waals surface area contributed by atoms with E-state index in [1.165, 1.54) is 10.5 Å². The van der Waals surface area contributed by atoms with Gasteiger partial charge in [-0.25, -0.2) is 0 Å². The van der Waals surface area contributed by atoms with Gasteiger partial charge in [0.25, 0.3) is 0 Å². The van der Waals surface area contributed by atoms with Crippen molar-refractivity contribution in [1.82, 2.24) is 0 Å². The van der Waals surface area contributed by atoms with Crippen LogP contribution in [0.5, 0.6) is 0 Å². The molecule has 0 unspecified atom stereocenters. The van der Waals surface area contributed by atoms with Crippen molar-refractivity contribution in [3.05, 3.63) is 64.6 Å². The Balaban J connectivity index is 2.01. The highest BCUT2D eigenvalue weighted by Crippen LogP contribution is 2.24. The first-order valence-electron chi connectivity index (χ1n) is 4.79. The topological polar surface area (TPSA) is 0 Å². The van der Waals surface area contributed by atoms with E-state index >= 15 is 0 Å². The molecule has 0 N–H and O–H groups in total. The Bertz CT molecular complexity index is 413. The van der Waals surface area contributed by atoms with Crippen molar-refractivity contribution in [2.45, 2.75) is 11.3 Å². The van der Waals surface area contributed by atoms with Crippen LogP contribution in [0, 0.1) is 0 Å². The summed E-state index contributed by atoms with van der Waals surface area (Å²) in [7, 11) is 0. The molecule has 1 aromatic rings. The lowest BCUT2D eigenvalue weighted by atomic mass is 10.1. The van der Waals surface area contributed by atoms with E-state index in [0.717, 1.165) is 11.4 Å². The summed E-state index contributed by atoms with van der Waals surface area (Å²) in [5.74, 6) is 0. The largest absolute Gasteiger partial charge is 0.0978 e. The molecule has 0 fully saturated rings. The van der Waals surface area contributed by atoms with Gasteiger partial charge in [-0.3, -0.25) is 0 Å². The van der Waals surface area contributed by atoms with Crippen molar-refractivity contribution in [3.8, 4) is 0 Å². The number of allylic oxidation sites excluding steroid dienone is 5. The molecule has 0 nitrogen and oxygen atoms in total. The number of rotatable bonds is 2. The Hall–Kier alpha value is -0.920. The molecule has 76 valence electrons. The first kappa shape index (κ1) is 10.6. The van der Waals surface area contributed by atoms with E-state index in [4.69, 9.17) is 11.6 Å². The van der Waals surface area contributed by atoms with Crippen LogP contribution in [-0.2, 0) is 0 Å². The average molecular weight is 235 g/mol. The molecule has 0 aromatic heterocycles. The van der Waals surface area contributed by atoms with Gasteiger partial charge in [-0.1, -0.05) is 47.7 Å². The average Bonchev–Trinajstić information content (AvgIpc) is 2.30. The lowest BCUT2D eigenvalue weighted by molar-refractivity contribution is 1.27. The van der Waals surface area contributed by atoms with Crippen LogP contribution < -0.4 is 0 Å². The molecule has 0 aliphatic heterocycles. The highest BCUT2D eigenvalue weighted by molar-refractivity contribution is 8.02. The molecular weight excluding hydrogens is 224 g/mol. The number of benzene rings is 1. The maximum atomic E-state index is 5.82. The van der Waals surface area contributed by atoms with E-state index in [0.29, 0.717) is 0 Å². The summed E-state index contributed by atoms with van der Waals surface area (Å²) in [6.45, 7) is 0. The van der Waals surface area contributed by atoms with E-state index in [1.54, 1.807) is 11.8 Å². The van der Waals surface area contributed by atoms with Crippen LogP contribution in [-0.4, -0.2) is 0 Å². The summed E-state index contributed by atoms with van der Waals surface area (Å²) in [6.07, 6.45) is 9.47. The fraction of sp³-hybridized carbons (Fsp3) is 0.0769. The van der Waals surface area contributed by atoms with Crippen molar-refractivity contribution >= 4 is 23.4 Å². The van der Waals surface area contributed by atoms with Crippen molar-refractivity contribution in [2.24, 2.45) is 0 Å². The lowest BCUT2D eigenvalue weighted by Crippen LogP contribution is -1.78. The maximum Gasteiger partial charge on any atom is 0.0406 e. The van der Waals surface area contributed by atoms with E-state index < -0.39 is 0 Å². The SMILES string of the molecule is Clc1ccc(SC=C2C=CC=CC2)cc1. The van der Waals surface area contributed by atoms with E-state index in [1.807, 2.05) is 24.3 Å². The Morgan fingerprint density at radius 2 is 1.93 bits per heavy atom. The molecule has 0 heterocycles. The molecule has 0 amide bonds. The highest BCUT2D eigenvalue weighted by Gasteiger charge is 1.95. The van der Waals surface area contributed by atoms with E-state index in [9.17, 15) is 0 Å². The Morgan fingerprint density at radius 1 is 1.13 bits per heavy atom. The fourth-order valence-corrected chi connectivity index (χ4v) is 2.16. The van der Waals surface area contributed by atoms with Gasteiger partial charge in [0.2, 0.25) is 0 Å². The van der Waals surface area contributed by atoms with Crippen molar-refractivity contribution in [3.63, 3.8) is 0 Å². The molecule has 2 heteroatoms. The second-order valence-electron chi connectivity index (χ2n) is 3.26. The second-order valence-corrected chi connectivity index (χ2v) is 4.64. The second kappa shape index (κ2) is 5.24. The quantitative estimate of drug-likeness (QED) is 0.661. The van der Waals surface area contributed by atoms with Crippen LogP contribution in [0.4, 0.5) is 0 Å². The monoisotopic (exact) mass is 234 g/mol. The van der Waals surface area contributed by atoms with Gasteiger partial charge in [0, 0.05) is 9.92 Å². The maximum absolute atomic E-state index is 5.82. The van der Waals surface area contributed by atoms with Crippen LogP contribution in [0.25, 0.3) is 0 Å². The highest BCUT2D eigenvalue weighted by atomic mass is 35.5. The van der Waals surface area contributed by atoms with Crippen LogP contribution in [0.15, 0.2) is 64.4 Å². The van der Waals surface area contributed by atoms with Gasteiger partial charge < -0.3 is 0 Å². The third-order valence-electron chi connectivity index (χ3n) is 2.07. The summed E-state index contributed by atoms with van der Waals surface area (Å²) in [6, 6.07) is 7.90. The molecule has 0 bridgehead atoms. The zero-order valence-corrected chi connectivity index (χ0v) is 9.76. The normalized spacial score (nSPS) is 17.3. The summed E-state index contributed by atoms with van der Waals surface area (Å²) in [4.78, 5) is 1.22. The van der Waals surface area contributed by atoms with Crippen molar-refractivity contribution in [1.29, 1.82) is 0 Å². The van der Waals surface area contributed by atoms with Gasteiger partial charge in [0.15, 0.2) is 0 Å². The minimum atomic E-state index is 0.785. The molecule has 1 aromatic carbocycles. The third kappa shape index (κ3) is 3.29. The van der Waals surface area contributed by atoms with Crippen molar-refractivity contribution < 1.29 is 0 Å². The van der Waals surface area contributed by atoms with Gasteiger partial charge in [-0.05, 0) is 41.7 Å². The molecule has 0 saturated carbocycles. The minimum absolute atomic E-state index is 0.785. The molecule has 0 saturated heterocycles. The predicted octanol–water partition coefficient (Wildman–Crippen LogP) is 4.83. The molecule has 2 rings (SSSR count). The fourth-order valence-electron chi connectivity index (χ4n) is 1.27. The summed E-state index contributed by atoms with van der Waals surface area (Å²) < 4.78 is 0. The molecular formula is C13H11ClS. The number of halogens is 1. The standard InChI is InChI=1S/C13H11ClS/c14-12-6-8-13(9-7-12)15-10-11-4-2-1-3-5-11/h1-4,6-10H,5H2. The number of hydrogen-bond donors (Lipinski definition) is 0. The zero-order chi connectivity index (χ0) is 10.5. The van der Waals surface area contributed by atoms with Crippen LogP contribution in [0.1, 0.15) is 6.42 Å². The summed E-state index contributed by atoms with van der Waals surface area (Å²) in [5, 5.41) is 2.97. The first-order chi connectivity index (χ1) is 7.34. The minimum Gasteiger partial charge on any atom is -0.0978 e. The summed E-state index contributed by atoms with van der Waals surface area (Å²) in [5.41, 5.74) is 1.34. The summed E-state index contributed by atoms with van der Waals surface area (Å²) >= 11 is 7.55. The van der Waals surface area contributed by atoms with Gasteiger partial charge in [-0.15, -0.1) is 0 Å².